The number of rotatable bonds is 8. The minimum absolute atomic E-state index is 0.0655. The summed E-state index contributed by atoms with van der Waals surface area (Å²) in [6.07, 6.45) is 1.64. The van der Waals surface area contributed by atoms with E-state index in [9.17, 15) is 9.59 Å². The summed E-state index contributed by atoms with van der Waals surface area (Å²) in [7, 11) is 0. The first-order valence-corrected chi connectivity index (χ1v) is 12.2. The maximum Gasteiger partial charge on any atom is 0.263 e. The lowest BCUT2D eigenvalue weighted by molar-refractivity contribution is -0.118. The lowest BCUT2D eigenvalue weighted by Crippen LogP contribution is -2.23. The normalized spacial score (nSPS) is 10.9. The Morgan fingerprint density at radius 3 is 2.25 bits per heavy atom. The third-order valence-electron chi connectivity index (χ3n) is 5.51. The molecule has 5 aromatic rings. The second kappa shape index (κ2) is 10.4. The Hall–Kier alpha value is -4.50. The molecule has 178 valence electrons. The zero-order valence-electron chi connectivity index (χ0n) is 19.2. The van der Waals surface area contributed by atoms with Crippen LogP contribution in [0.5, 0.6) is 0 Å². The highest BCUT2D eigenvalue weighted by molar-refractivity contribution is 7.99. The molecule has 0 aliphatic heterocycles. The fourth-order valence-corrected chi connectivity index (χ4v) is 4.62. The monoisotopic (exact) mass is 494 g/mol. The van der Waals surface area contributed by atoms with Crippen molar-refractivity contribution in [2.75, 3.05) is 5.75 Å². The van der Waals surface area contributed by atoms with E-state index in [1.807, 2.05) is 78.9 Å². The third-order valence-corrected chi connectivity index (χ3v) is 6.44. The summed E-state index contributed by atoms with van der Waals surface area (Å²) >= 11 is 1.22. The first-order valence-electron chi connectivity index (χ1n) is 11.2. The molecule has 0 bridgehead atoms. The number of amides is 1. The van der Waals surface area contributed by atoms with E-state index >= 15 is 0 Å². The van der Waals surface area contributed by atoms with Crippen LogP contribution in [-0.2, 0) is 11.3 Å². The topological polar surface area (TPSA) is 93.7 Å². The average molecular weight is 495 g/mol. The molecule has 0 fully saturated rings. The first-order chi connectivity index (χ1) is 17.7. The zero-order valence-corrected chi connectivity index (χ0v) is 20.1. The molecule has 0 aliphatic rings. The largest absolute Gasteiger partial charge is 0.272 e. The number of carbonyl (C=O) groups is 1. The van der Waals surface area contributed by atoms with Crippen molar-refractivity contribution < 1.29 is 4.79 Å². The Labute approximate surface area is 211 Å². The van der Waals surface area contributed by atoms with Gasteiger partial charge < -0.3 is 0 Å². The van der Waals surface area contributed by atoms with E-state index in [2.05, 4.69) is 27.3 Å². The van der Waals surface area contributed by atoms with Gasteiger partial charge in [0.1, 0.15) is 0 Å². The Morgan fingerprint density at radius 2 is 1.58 bits per heavy atom. The molecule has 0 aliphatic carbocycles. The summed E-state index contributed by atoms with van der Waals surface area (Å²) < 4.78 is 3.31. The standard InChI is InChI=1S/C27H22N6O2S/c1-2-17-32-25(35)21-15-9-10-16-22(21)33-26(32)30-31-27(33)36-18-23(34)28-29-24(19-11-5-3-6-12-19)20-13-7-4-8-14-20/h2-16H,1,17-18H2,(H,28,34). The van der Waals surface area contributed by atoms with E-state index in [1.54, 1.807) is 16.5 Å². The summed E-state index contributed by atoms with van der Waals surface area (Å²) in [6.45, 7) is 4.04. The molecule has 0 atom stereocenters. The summed E-state index contributed by atoms with van der Waals surface area (Å²) in [4.78, 5) is 25.7. The lowest BCUT2D eigenvalue weighted by atomic mass is 10.0. The fraction of sp³-hybridized carbons (Fsp3) is 0.0741. The molecule has 0 unspecified atom stereocenters. The highest BCUT2D eigenvalue weighted by Crippen LogP contribution is 2.21. The number of carbonyl (C=O) groups excluding carboxylic acids is 1. The van der Waals surface area contributed by atoms with E-state index in [-0.39, 0.29) is 17.2 Å². The molecule has 1 amide bonds. The van der Waals surface area contributed by atoms with Gasteiger partial charge in [0.2, 0.25) is 5.78 Å². The van der Waals surface area contributed by atoms with Gasteiger partial charge in [-0.1, -0.05) is 90.6 Å². The maximum atomic E-state index is 12.9. The summed E-state index contributed by atoms with van der Waals surface area (Å²) in [5.74, 6) is 0.176. The number of hydrogen-bond donors (Lipinski definition) is 1. The number of thioether (sulfide) groups is 1. The Balaban J connectivity index is 1.41. The lowest BCUT2D eigenvalue weighted by Gasteiger charge is -2.10. The molecule has 0 spiro atoms. The van der Waals surface area contributed by atoms with Crippen molar-refractivity contribution in [3.63, 3.8) is 0 Å². The third kappa shape index (κ3) is 4.56. The van der Waals surface area contributed by atoms with Crippen molar-refractivity contribution in [2.24, 2.45) is 5.10 Å². The van der Waals surface area contributed by atoms with Gasteiger partial charge in [0.05, 0.1) is 22.4 Å². The number of fused-ring (bicyclic) bond motifs is 3. The highest BCUT2D eigenvalue weighted by atomic mass is 32.2. The van der Waals surface area contributed by atoms with Gasteiger partial charge >= 0.3 is 0 Å². The van der Waals surface area contributed by atoms with Crippen LogP contribution in [0.4, 0.5) is 0 Å². The van der Waals surface area contributed by atoms with Crippen LogP contribution in [0.25, 0.3) is 16.7 Å². The number of nitrogens with one attached hydrogen (secondary N) is 1. The highest BCUT2D eigenvalue weighted by Gasteiger charge is 2.17. The summed E-state index contributed by atoms with van der Waals surface area (Å²) in [6, 6.07) is 26.6. The second-order valence-corrected chi connectivity index (χ2v) is 8.80. The second-order valence-electron chi connectivity index (χ2n) is 7.86. The van der Waals surface area contributed by atoms with Crippen LogP contribution in [0.3, 0.4) is 0 Å². The Bertz CT molecular complexity index is 1600. The van der Waals surface area contributed by atoms with E-state index in [4.69, 9.17) is 0 Å². The molecule has 0 radical (unpaired) electrons. The van der Waals surface area contributed by atoms with Gasteiger partial charge in [0.25, 0.3) is 11.5 Å². The summed E-state index contributed by atoms with van der Waals surface area (Å²) in [5.41, 5.74) is 5.65. The van der Waals surface area contributed by atoms with Crippen molar-refractivity contribution in [3.8, 4) is 0 Å². The quantitative estimate of drug-likeness (QED) is 0.153. The minimum Gasteiger partial charge on any atom is -0.272 e. The molecule has 2 aromatic heterocycles. The number of hydrazone groups is 1. The molecule has 8 nitrogen and oxygen atoms in total. The van der Waals surface area contributed by atoms with Crippen molar-refractivity contribution >= 4 is 40.1 Å². The van der Waals surface area contributed by atoms with Crippen molar-refractivity contribution in [3.05, 3.63) is 119 Å². The number of aromatic nitrogens is 4. The van der Waals surface area contributed by atoms with Gasteiger partial charge in [0.15, 0.2) is 5.16 Å². The van der Waals surface area contributed by atoms with Crippen LogP contribution in [0.2, 0.25) is 0 Å². The Kier molecular flexibility index (Phi) is 6.72. The van der Waals surface area contributed by atoms with Gasteiger partial charge in [-0.15, -0.1) is 16.8 Å². The molecule has 3 aromatic carbocycles. The number of para-hydroxylation sites is 1. The molecule has 36 heavy (non-hydrogen) atoms. The van der Waals surface area contributed by atoms with E-state index in [0.717, 1.165) is 11.1 Å². The van der Waals surface area contributed by atoms with Crippen molar-refractivity contribution in [2.45, 2.75) is 11.7 Å². The number of benzene rings is 3. The zero-order chi connectivity index (χ0) is 24.9. The predicted molar refractivity (Wildman–Crippen MR) is 142 cm³/mol. The molecule has 9 heteroatoms. The van der Waals surface area contributed by atoms with Crippen molar-refractivity contribution in [1.82, 2.24) is 24.6 Å². The molecule has 2 heterocycles. The van der Waals surface area contributed by atoms with Crippen LogP contribution < -0.4 is 11.0 Å². The average Bonchev–Trinajstić information content (AvgIpc) is 3.35. The van der Waals surface area contributed by atoms with Crippen LogP contribution in [0.15, 0.2) is 113 Å². The van der Waals surface area contributed by atoms with Gasteiger partial charge in [0, 0.05) is 17.7 Å². The molecule has 0 saturated carbocycles. The number of allylic oxidation sites excluding steroid dienone is 1. The Morgan fingerprint density at radius 1 is 0.944 bits per heavy atom. The van der Waals surface area contributed by atoms with E-state index < -0.39 is 0 Å². The molecular formula is C27H22N6O2S. The smallest absolute Gasteiger partial charge is 0.263 e. The number of nitrogens with zero attached hydrogens (tertiary/aromatic N) is 5. The van der Waals surface area contributed by atoms with Gasteiger partial charge in [-0.05, 0) is 12.1 Å². The van der Waals surface area contributed by atoms with Crippen molar-refractivity contribution in [1.29, 1.82) is 0 Å². The molecular weight excluding hydrogens is 472 g/mol. The summed E-state index contributed by atoms with van der Waals surface area (Å²) in [5, 5.41) is 14.0. The van der Waals surface area contributed by atoms with Gasteiger partial charge in [-0.3, -0.25) is 18.6 Å². The van der Waals surface area contributed by atoms with Crippen LogP contribution >= 0.6 is 11.8 Å². The van der Waals surface area contributed by atoms with E-state index in [0.29, 0.717) is 34.1 Å². The SMILES string of the molecule is C=CCn1c(=O)c2ccccc2n2c(SCC(=O)NN=C(c3ccccc3)c3ccccc3)nnc12. The van der Waals surface area contributed by atoms with Crippen LogP contribution in [-0.4, -0.2) is 36.5 Å². The van der Waals surface area contributed by atoms with E-state index in [1.165, 1.54) is 16.3 Å². The number of hydrogen-bond acceptors (Lipinski definition) is 6. The maximum absolute atomic E-state index is 12.9. The molecule has 5 rings (SSSR count). The fourth-order valence-electron chi connectivity index (χ4n) is 3.89. The van der Waals surface area contributed by atoms with Gasteiger partial charge in [-0.25, -0.2) is 5.43 Å². The van der Waals surface area contributed by atoms with Crippen LogP contribution in [0.1, 0.15) is 11.1 Å². The van der Waals surface area contributed by atoms with Gasteiger partial charge in [-0.2, -0.15) is 5.10 Å². The predicted octanol–water partition coefficient (Wildman–Crippen LogP) is 3.89. The van der Waals surface area contributed by atoms with Crippen LogP contribution in [0, 0.1) is 0 Å². The first kappa shape index (κ1) is 23.3. The molecule has 0 saturated heterocycles. The minimum atomic E-state index is -0.287. The molecule has 1 N–H and O–H groups in total.